The molecule has 1 aromatic heterocycles. The molecule has 106 valence electrons. The van der Waals surface area contributed by atoms with Crippen molar-refractivity contribution >= 4 is 39.0 Å². The summed E-state index contributed by atoms with van der Waals surface area (Å²) in [7, 11) is 0. The van der Waals surface area contributed by atoms with E-state index in [4.69, 9.17) is 16.3 Å². The molecule has 0 atom stereocenters. The Morgan fingerprint density at radius 2 is 2.10 bits per heavy atom. The van der Waals surface area contributed by atoms with Crippen molar-refractivity contribution in [3.63, 3.8) is 0 Å². The first kappa shape index (κ1) is 15.2. The molecule has 0 radical (unpaired) electrons. The van der Waals surface area contributed by atoms with Gasteiger partial charge in [0.2, 0.25) is 0 Å². The lowest BCUT2D eigenvalue weighted by Crippen LogP contribution is -2.03. The molecule has 1 heterocycles. The molecule has 0 unspecified atom stereocenters. The average Bonchev–Trinajstić information content (AvgIpc) is 2.40. The number of hydrogen-bond donors (Lipinski definition) is 1. The lowest BCUT2D eigenvalue weighted by Gasteiger charge is -2.09. The second-order valence-electron chi connectivity index (χ2n) is 4.22. The minimum atomic E-state index is 0.351. The third kappa shape index (κ3) is 4.16. The average molecular weight is 357 g/mol. The number of nitrogens with one attached hydrogen (secondary N) is 1. The first-order valence-corrected chi connectivity index (χ1v) is 7.40. The largest absolute Gasteiger partial charge is 0.374 e. The molecule has 0 aliphatic heterocycles. The molecule has 1 N–H and O–H groups in total. The van der Waals surface area contributed by atoms with Crippen LogP contribution in [0.4, 0.5) is 11.5 Å². The first-order valence-electron chi connectivity index (χ1n) is 6.23. The molecule has 0 spiro atoms. The van der Waals surface area contributed by atoms with Gasteiger partial charge in [0.25, 0.3) is 0 Å². The van der Waals surface area contributed by atoms with E-state index in [1.54, 1.807) is 6.07 Å². The van der Waals surface area contributed by atoms with Crippen LogP contribution in [0.25, 0.3) is 0 Å². The molecule has 0 saturated heterocycles. The van der Waals surface area contributed by atoms with Crippen molar-refractivity contribution < 1.29 is 4.74 Å². The number of benzene rings is 1. The first-order chi connectivity index (χ1) is 9.58. The molecule has 0 saturated carbocycles. The third-order valence-electron chi connectivity index (χ3n) is 2.62. The van der Waals surface area contributed by atoms with Gasteiger partial charge in [-0.15, -0.1) is 0 Å². The van der Waals surface area contributed by atoms with Gasteiger partial charge in [0.05, 0.1) is 0 Å². The Labute approximate surface area is 131 Å². The number of anilines is 2. The number of nitrogens with zero attached hydrogens (tertiary/aromatic N) is 2. The summed E-state index contributed by atoms with van der Waals surface area (Å²) in [4.78, 5) is 8.50. The van der Waals surface area contributed by atoms with Crippen molar-refractivity contribution in [2.45, 2.75) is 20.5 Å². The minimum Gasteiger partial charge on any atom is -0.374 e. The molecule has 4 nitrogen and oxygen atoms in total. The van der Waals surface area contributed by atoms with E-state index < -0.39 is 0 Å². The topological polar surface area (TPSA) is 47.0 Å². The van der Waals surface area contributed by atoms with Gasteiger partial charge in [0.15, 0.2) is 5.82 Å². The maximum absolute atomic E-state index is 6.00. The molecule has 0 fully saturated rings. The normalized spacial score (nSPS) is 10.6. The van der Waals surface area contributed by atoms with Crippen molar-refractivity contribution in [2.24, 2.45) is 0 Å². The van der Waals surface area contributed by atoms with Crippen molar-refractivity contribution in [3.05, 3.63) is 45.3 Å². The molecule has 0 aliphatic carbocycles. The molecule has 1 aromatic carbocycles. The Hall–Kier alpha value is -1.17. The number of ether oxygens (including phenoxy) is 1. The second kappa shape index (κ2) is 7.02. The number of halogens is 2. The van der Waals surface area contributed by atoms with Crippen LogP contribution in [0.2, 0.25) is 5.15 Å². The van der Waals surface area contributed by atoms with Crippen LogP contribution in [0, 0.1) is 6.92 Å². The van der Waals surface area contributed by atoms with Crippen molar-refractivity contribution in [3.8, 4) is 0 Å². The number of aryl methyl sites for hydroxylation is 1. The fraction of sp³-hybridized carbons (Fsp3) is 0.286. The van der Waals surface area contributed by atoms with Gasteiger partial charge >= 0.3 is 0 Å². The van der Waals surface area contributed by atoms with E-state index >= 15 is 0 Å². The van der Waals surface area contributed by atoms with Gasteiger partial charge in [-0.25, -0.2) is 9.97 Å². The lowest BCUT2D eigenvalue weighted by molar-refractivity contribution is 0.128. The van der Waals surface area contributed by atoms with Gasteiger partial charge in [-0.05, 0) is 31.5 Å². The molecule has 0 bridgehead atoms. The predicted molar refractivity (Wildman–Crippen MR) is 84.5 cm³/mol. The molecular weight excluding hydrogens is 342 g/mol. The zero-order chi connectivity index (χ0) is 14.5. The van der Waals surface area contributed by atoms with E-state index in [2.05, 4.69) is 31.2 Å². The molecule has 2 rings (SSSR count). The van der Waals surface area contributed by atoms with E-state index in [0.29, 0.717) is 30.0 Å². The van der Waals surface area contributed by atoms with Crippen LogP contribution in [-0.4, -0.2) is 16.6 Å². The summed E-state index contributed by atoms with van der Waals surface area (Å²) >= 11 is 9.50. The molecule has 0 aliphatic rings. The van der Waals surface area contributed by atoms with E-state index in [-0.39, 0.29) is 0 Å². The molecule has 6 heteroatoms. The summed E-state index contributed by atoms with van der Waals surface area (Å²) in [6.07, 6.45) is 0. The highest BCUT2D eigenvalue weighted by Crippen LogP contribution is 2.23. The van der Waals surface area contributed by atoms with Crippen LogP contribution in [-0.2, 0) is 11.3 Å². The monoisotopic (exact) mass is 355 g/mol. The summed E-state index contributed by atoms with van der Waals surface area (Å²) in [6.45, 7) is 4.93. The van der Waals surface area contributed by atoms with Gasteiger partial charge in [0.1, 0.15) is 17.6 Å². The standard InChI is InChI=1S/C14H15BrClN3O/c1-3-20-8-14-18-12(16)7-13(19-14)17-10-5-4-9(2)11(15)6-10/h4-7H,3,8H2,1-2H3,(H,17,18,19). The summed E-state index contributed by atoms with van der Waals surface area (Å²) in [5.41, 5.74) is 2.10. The van der Waals surface area contributed by atoms with Gasteiger partial charge in [-0.3, -0.25) is 0 Å². The molecule has 2 aromatic rings. The predicted octanol–water partition coefficient (Wildman–Crippen LogP) is 4.48. The Bertz CT molecular complexity index is 607. The summed E-state index contributed by atoms with van der Waals surface area (Å²) in [6, 6.07) is 7.69. The smallest absolute Gasteiger partial charge is 0.158 e. The summed E-state index contributed by atoms with van der Waals surface area (Å²) in [5, 5.41) is 3.60. The second-order valence-corrected chi connectivity index (χ2v) is 5.46. The third-order valence-corrected chi connectivity index (χ3v) is 3.67. The van der Waals surface area contributed by atoms with Gasteiger partial charge in [0, 0.05) is 22.8 Å². The van der Waals surface area contributed by atoms with E-state index in [1.807, 2.05) is 32.0 Å². The zero-order valence-electron chi connectivity index (χ0n) is 11.3. The highest BCUT2D eigenvalue weighted by atomic mass is 79.9. The Morgan fingerprint density at radius 1 is 1.30 bits per heavy atom. The fourth-order valence-corrected chi connectivity index (χ4v) is 2.18. The van der Waals surface area contributed by atoms with E-state index in [0.717, 1.165) is 10.2 Å². The minimum absolute atomic E-state index is 0.351. The number of rotatable bonds is 5. The van der Waals surface area contributed by atoms with Crippen LogP contribution < -0.4 is 5.32 Å². The van der Waals surface area contributed by atoms with Crippen LogP contribution in [0.5, 0.6) is 0 Å². The molecule has 0 amide bonds. The van der Waals surface area contributed by atoms with Crippen LogP contribution in [0.15, 0.2) is 28.7 Å². The Kier molecular flexibility index (Phi) is 5.34. The highest BCUT2D eigenvalue weighted by molar-refractivity contribution is 9.10. The van der Waals surface area contributed by atoms with Crippen molar-refractivity contribution in [2.75, 3.05) is 11.9 Å². The molecule has 20 heavy (non-hydrogen) atoms. The van der Waals surface area contributed by atoms with Crippen LogP contribution in [0.1, 0.15) is 18.3 Å². The Balaban J connectivity index is 2.19. The van der Waals surface area contributed by atoms with Gasteiger partial charge < -0.3 is 10.1 Å². The number of hydrogen-bond acceptors (Lipinski definition) is 4. The fourth-order valence-electron chi connectivity index (χ4n) is 1.61. The van der Waals surface area contributed by atoms with Crippen LogP contribution in [0.3, 0.4) is 0 Å². The van der Waals surface area contributed by atoms with Gasteiger partial charge in [-0.1, -0.05) is 33.6 Å². The highest BCUT2D eigenvalue weighted by Gasteiger charge is 2.05. The zero-order valence-corrected chi connectivity index (χ0v) is 13.6. The lowest BCUT2D eigenvalue weighted by atomic mass is 10.2. The number of aromatic nitrogens is 2. The van der Waals surface area contributed by atoms with Gasteiger partial charge in [-0.2, -0.15) is 0 Å². The quantitative estimate of drug-likeness (QED) is 0.802. The van der Waals surface area contributed by atoms with Crippen LogP contribution >= 0.6 is 27.5 Å². The van der Waals surface area contributed by atoms with E-state index in [1.165, 1.54) is 5.56 Å². The van der Waals surface area contributed by atoms with Crippen molar-refractivity contribution in [1.29, 1.82) is 0 Å². The Morgan fingerprint density at radius 3 is 2.80 bits per heavy atom. The molecular formula is C14H15BrClN3O. The SMILES string of the molecule is CCOCc1nc(Cl)cc(Nc2ccc(C)c(Br)c2)n1. The summed E-state index contributed by atoms with van der Waals surface area (Å²) in [5.74, 6) is 1.21. The van der Waals surface area contributed by atoms with Crippen molar-refractivity contribution in [1.82, 2.24) is 9.97 Å². The summed E-state index contributed by atoms with van der Waals surface area (Å²) < 4.78 is 6.33. The van der Waals surface area contributed by atoms with E-state index in [9.17, 15) is 0 Å². The maximum atomic E-state index is 6.00. The maximum Gasteiger partial charge on any atom is 0.158 e.